The average molecular weight is 291 g/mol. The van der Waals surface area contributed by atoms with Crippen molar-refractivity contribution in [1.29, 1.82) is 0 Å². The molecule has 0 aliphatic rings. The van der Waals surface area contributed by atoms with Crippen LogP contribution in [0.3, 0.4) is 0 Å². The molecular formula is C13H13N3O3S. The van der Waals surface area contributed by atoms with E-state index < -0.39 is 0 Å². The molecule has 2 aromatic heterocycles. The van der Waals surface area contributed by atoms with Crippen molar-refractivity contribution in [2.24, 2.45) is 5.10 Å². The number of thiophene rings is 1. The van der Waals surface area contributed by atoms with E-state index in [-0.39, 0.29) is 18.3 Å². The maximum absolute atomic E-state index is 11.7. The van der Waals surface area contributed by atoms with Gasteiger partial charge in [0.2, 0.25) is 0 Å². The van der Waals surface area contributed by atoms with E-state index in [2.05, 4.69) is 15.5 Å². The summed E-state index contributed by atoms with van der Waals surface area (Å²) in [5, 5.41) is 24.7. The Morgan fingerprint density at radius 1 is 1.60 bits per heavy atom. The lowest BCUT2D eigenvalue weighted by molar-refractivity contribution is 0.0959. The fraction of sp³-hybridized carbons (Fsp3) is 0.154. The van der Waals surface area contributed by atoms with Crippen LogP contribution in [0.25, 0.3) is 0 Å². The summed E-state index contributed by atoms with van der Waals surface area (Å²) in [4.78, 5) is 16.1. The van der Waals surface area contributed by atoms with Crippen molar-refractivity contribution in [2.75, 3.05) is 0 Å². The van der Waals surface area contributed by atoms with Gasteiger partial charge in [-0.25, -0.2) is 5.43 Å². The number of aryl methyl sites for hydroxylation is 1. The van der Waals surface area contributed by atoms with E-state index >= 15 is 0 Å². The van der Waals surface area contributed by atoms with Gasteiger partial charge in [-0.1, -0.05) is 6.07 Å². The first-order valence-corrected chi connectivity index (χ1v) is 6.66. The molecule has 0 aliphatic heterocycles. The fourth-order valence-corrected chi connectivity index (χ4v) is 2.15. The van der Waals surface area contributed by atoms with Crippen LogP contribution in [0.5, 0.6) is 5.75 Å². The topological polar surface area (TPSA) is 94.8 Å². The number of amides is 1. The highest BCUT2D eigenvalue weighted by atomic mass is 32.1. The molecule has 20 heavy (non-hydrogen) atoms. The Bertz CT molecular complexity index is 639. The van der Waals surface area contributed by atoms with Gasteiger partial charge in [-0.15, -0.1) is 11.3 Å². The van der Waals surface area contributed by atoms with Crippen LogP contribution in [-0.2, 0) is 6.61 Å². The summed E-state index contributed by atoms with van der Waals surface area (Å²) in [6, 6.07) is 3.45. The van der Waals surface area contributed by atoms with Gasteiger partial charge in [-0.05, 0) is 18.4 Å². The zero-order chi connectivity index (χ0) is 14.5. The minimum absolute atomic E-state index is 0.0642. The number of hydrazone groups is 1. The second-order valence-electron chi connectivity index (χ2n) is 3.97. The molecule has 104 valence electrons. The highest BCUT2D eigenvalue weighted by molar-refractivity contribution is 7.12. The molecule has 0 radical (unpaired) electrons. The summed E-state index contributed by atoms with van der Waals surface area (Å²) >= 11 is 1.31. The monoisotopic (exact) mass is 291 g/mol. The molecule has 7 heteroatoms. The molecule has 0 aromatic carbocycles. The maximum atomic E-state index is 11.7. The van der Waals surface area contributed by atoms with Crippen molar-refractivity contribution in [3.05, 3.63) is 45.4 Å². The molecule has 2 rings (SSSR count). The highest BCUT2D eigenvalue weighted by Gasteiger charge is 2.10. The largest absolute Gasteiger partial charge is 0.505 e. The second kappa shape index (κ2) is 6.27. The van der Waals surface area contributed by atoms with Gasteiger partial charge >= 0.3 is 0 Å². The predicted molar refractivity (Wildman–Crippen MR) is 75.9 cm³/mol. The summed E-state index contributed by atoms with van der Waals surface area (Å²) in [5.74, 6) is -0.391. The molecule has 0 bridgehead atoms. The van der Waals surface area contributed by atoms with E-state index in [9.17, 15) is 15.0 Å². The van der Waals surface area contributed by atoms with Crippen molar-refractivity contribution >= 4 is 23.5 Å². The minimum Gasteiger partial charge on any atom is -0.505 e. The number of aliphatic hydroxyl groups excluding tert-OH is 1. The number of aromatic nitrogens is 1. The fourth-order valence-electron chi connectivity index (χ4n) is 1.54. The lowest BCUT2D eigenvalue weighted by Gasteiger charge is -2.06. The van der Waals surface area contributed by atoms with Crippen LogP contribution < -0.4 is 5.43 Å². The molecule has 3 N–H and O–H groups in total. The van der Waals surface area contributed by atoms with Crippen LogP contribution in [0.1, 0.15) is 26.5 Å². The van der Waals surface area contributed by atoms with Crippen molar-refractivity contribution in [3.63, 3.8) is 0 Å². The van der Waals surface area contributed by atoms with Crippen LogP contribution in [0.15, 0.2) is 28.8 Å². The second-order valence-corrected chi connectivity index (χ2v) is 4.91. The average Bonchev–Trinajstić information content (AvgIpc) is 2.97. The molecule has 6 nitrogen and oxygen atoms in total. The van der Waals surface area contributed by atoms with E-state index in [0.717, 1.165) is 0 Å². The summed E-state index contributed by atoms with van der Waals surface area (Å²) < 4.78 is 0. The van der Waals surface area contributed by atoms with Crippen LogP contribution in [-0.4, -0.2) is 27.3 Å². The van der Waals surface area contributed by atoms with Crippen LogP contribution in [0.4, 0.5) is 0 Å². The number of nitrogens with zero attached hydrogens (tertiary/aromatic N) is 2. The van der Waals surface area contributed by atoms with Gasteiger partial charge in [0.25, 0.3) is 5.91 Å². The zero-order valence-electron chi connectivity index (χ0n) is 10.7. The number of aromatic hydroxyl groups is 1. The molecule has 0 atom stereocenters. The summed E-state index contributed by atoms with van der Waals surface area (Å²) in [5.41, 5.74) is 3.56. The van der Waals surface area contributed by atoms with Gasteiger partial charge in [0, 0.05) is 17.3 Å². The number of nitrogens with one attached hydrogen (secondary N) is 1. The number of pyridine rings is 1. The van der Waals surface area contributed by atoms with E-state index in [1.807, 2.05) is 0 Å². The van der Waals surface area contributed by atoms with E-state index in [1.165, 1.54) is 23.7 Å². The first-order chi connectivity index (χ1) is 9.63. The molecule has 0 unspecified atom stereocenters. The molecular weight excluding hydrogens is 278 g/mol. The molecule has 1 amide bonds. The third-order valence-electron chi connectivity index (χ3n) is 2.63. The summed E-state index contributed by atoms with van der Waals surface area (Å²) in [6.07, 6.45) is 2.75. The quantitative estimate of drug-likeness (QED) is 0.586. The molecule has 0 saturated carbocycles. The van der Waals surface area contributed by atoms with Crippen LogP contribution in [0, 0.1) is 6.92 Å². The lowest BCUT2D eigenvalue weighted by Crippen LogP contribution is -2.16. The predicted octanol–water partition coefficient (Wildman–Crippen LogP) is 1.41. The number of aliphatic hydroxyl groups is 1. The molecule has 0 fully saturated rings. The SMILES string of the molecule is Cc1ncc(CO)c(/C=N/NC(=O)c2cccs2)c1O. The molecule has 0 aliphatic carbocycles. The number of carbonyl (C=O) groups is 1. The smallest absolute Gasteiger partial charge is 0.281 e. The normalized spacial score (nSPS) is 10.9. The van der Waals surface area contributed by atoms with Gasteiger partial charge in [0.05, 0.1) is 23.4 Å². The van der Waals surface area contributed by atoms with Crippen LogP contribution in [0.2, 0.25) is 0 Å². The van der Waals surface area contributed by atoms with E-state index in [4.69, 9.17) is 0 Å². The summed E-state index contributed by atoms with van der Waals surface area (Å²) in [7, 11) is 0. The van der Waals surface area contributed by atoms with Gasteiger partial charge in [-0.2, -0.15) is 5.10 Å². The standard InChI is InChI=1S/C13H13N3O3S/c1-8-12(18)10(9(7-17)5-14-8)6-15-16-13(19)11-3-2-4-20-11/h2-6,17-18H,7H2,1H3,(H,16,19)/b15-6+. The van der Waals surface area contributed by atoms with E-state index in [0.29, 0.717) is 21.7 Å². The molecule has 0 spiro atoms. The Hall–Kier alpha value is -2.25. The zero-order valence-corrected chi connectivity index (χ0v) is 11.5. The Balaban J connectivity index is 2.15. The van der Waals surface area contributed by atoms with Crippen molar-refractivity contribution < 1.29 is 15.0 Å². The van der Waals surface area contributed by atoms with Gasteiger partial charge in [-0.3, -0.25) is 9.78 Å². The highest BCUT2D eigenvalue weighted by Crippen LogP contribution is 2.21. The van der Waals surface area contributed by atoms with Gasteiger partial charge in [0.1, 0.15) is 5.75 Å². The first kappa shape index (κ1) is 14.2. The van der Waals surface area contributed by atoms with E-state index in [1.54, 1.807) is 24.4 Å². The lowest BCUT2D eigenvalue weighted by atomic mass is 10.1. The molecule has 2 heterocycles. The number of hydrogen-bond donors (Lipinski definition) is 3. The third-order valence-corrected chi connectivity index (χ3v) is 3.50. The minimum atomic E-state index is -0.327. The summed E-state index contributed by atoms with van der Waals surface area (Å²) in [6.45, 7) is 1.36. The van der Waals surface area contributed by atoms with Crippen LogP contribution >= 0.6 is 11.3 Å². The number of hydrogen-bond acceptors (Lipinski definition) is 6. The molecule has 2 aromatic rings. The van der Waals surface area contributed by atoms with Crippen molar-refractivity contribution in [3.8, 4) is 5.75 Å². The maximum Gasteiger partial charge on any atom is 0.281 e. The first-order valence-electron chi connectivity index (χ1n) is 5.78. The Morgan fingerprint density at radius 2 is 2.40 bits per heavy atom. The number of carbonyl (C=O) groups excluding carboxylic acids is 1. The Labute approximate surface area is 119 Å². The molecule has 0 saturated heterocycles. The van der Waals surface area contributed by atoms with Gasteiger partial charge in [0.15, 0.2) is 0 Å². The van der Waals surface area contributed by atoms with Crippen molar-refractivity contribution in [2.45, 2.75) is 13.5 Å². The Kier molecular flexibility index (Phi) is 4.44. The third kappa shape index (κ3) is 3.01. The van der Waals surface area contributed by atoms with Gasteiger partial charge < -0.3 is 10.2 Å². The van der Waals surface area contributed by atoms with Crippen molar-refractivity contribution in [1.82, 2.24) is 10.4 Å². The Morgan fingerprint density at radius 3 is 3.05 bits per heavy atom. The number of rotatable bonds is 4.